The van der Waals surface area contributed by atoms with Crippen LogP contribution >= 0.6 is 0 Å². The SMILES string of the molecule is COc1ccc(CCNC(=O)C=Cc2ccc(F)cc2C)cc1OCc1ccccc1. The van der Waals surface area contributed by atoms with Gasteiger partial charge in [-0.2, -0.15) is 0 Å². The van der Waals surface area contributed by atoms with E-state index in [4.69, 9.17) is 9.47 Å². The molecule has 1 amide bonds. The van der Waals surface area contributed by atoms with Gasteiger partial charge >= 0.3 is 0 Å². The number of nitrogens with one attached hydrogen (secondary N) is 1. The zero-order chi connectivity index (χ0) is 22.1. The third-order valence-electron chi connectivity index (χ3n) is 4.82. The van der Waals surface area contributed by atoms with Crippen molar-refractivity contribution in [2.45, 2.75) is 20.0 Å². The minimum atomic E-state index is -0.286. The van der Waals surface area contributed by atoms with Crippen LogP contribution in [0.3, 0.4) is 0 Å². The van der Waals surface area contributed by atoms with Crippen molar-refractivity contribution in [1.29, 1.82) is 0 Å². The molecule has 160 valence electrons. The maximum atomic E-state index is 13.2. The first-order valence-electron chi connectivity index (χ1n) is 10.1. The molecule has 0 heterocycles. The number of amides is 1. The van der Waals surface area contributed by atoms with Crippen LogP contribution < -0.4 is 14.8 Å². The first-order chi connectivity index (χ1) is 15.0. The van der Waals surface area contributed by atoms with Crippen molar-refractivity contribution in [3.8, 4) is 11.5 Å². The van der Waals surface area contributed by atoms with Crippen molar-refractivity contribution in [1.82, 2.24) is 5.32 Å². The van der Waals surface area contributed by atoms with Gasteiger partial charge in [-0.3, -0.25) is 4.79 Å². The number of benzene rings is 3. The molecule has 31 heavy (non-hydrogen) atoms. The van der Waals surface area contributed by atoms with E-state index in [1.807, 2.05) is 55.5 Å². The largest absolute Gasteiger partial charge is 0.493 e. The molecule has 0 aliphatic carbocycles. The Balaban J connectivity index is 1.53. The number of hydrogen-bond acceptors (Lipinski definition) is 3. The molecule has 0 radical (unpaired) electrons. The van der Waals surface area contributed by atoms with Crippen molar-refractivity contribution < 1.29 is 18.7 Å². The maximum Gasteiger partial charge on any atom is 0.244 e. The van der Waals surface area contributed by atoms with Crippen LogP contribution in [-0.4, -0.2) is 19.6 Å². The number of hydrogen-bond donors (Lipinski definition) is 1. The number of aryl methyl sites for hydroxylation is 1. The van der Waals surface area contributed by atoms with Crippen molar-refractivity contribution in [2.75, 3.05) is 13.7 Å². The minimum Gasteiger partial charge on any atom is -0.493 e. The van der Waals surface area contributed by atoms with Crippen LogP contribution in [0.4, 0.5) is 4.39 Å². The molecule has 0 aliphatic heterocycles. The van der Waals surface area contributed by atoms with E-state index in [1.165, 1.54) is 18.2 Å². The van der Waals surface area contributed by atoms with Gasteiger partial charge in [0, 0.05) is 12.6 Å². The average molecular weight is 419 g/mol. The Morgan fingerprint density at radius 1 is 1.00 bits per heavy atom. The molecule has 5 heteroatoms. The van der Waals surface area contributed by atoms with Gasteiger partial charge in [0.05, 0.1) is 7.11 Å². The zero-order valence-electron chi connectivity index (χ0n) is 17.7. The van der Waals surface area contributed by atoms with Gasteiger partial charge in [-0.25, -0.2) is 4.39 Å². The molecule has 0 spiro atoms. The standard InChI is InChI=1S/C26H26FNO3/c1-19-16-23(27)11-9-22(19)10-13-26(29)28-15-14-20-8-12-24(30-2)25(17-20)31-18-21-6-4-3-5-7-21/h3-13,16-17H,14-15,18H2,1-2H3,(H,28,29). The highest BCUT2D eigenvalue weighted by molar-refractivity contribution is 5.91. The van der Waals surface area contributed by atoms with E-state index in [1.54, 1.807) is 19.3 Å². The lowest BCUT2D eigenvalue weighted by atomic mass is 10.1. The fraction of sp³-hybridized carbons (Fsp3) is 0.192. The normalized spacial score (nSPS) is 10.8. The highest BCUT2D eigenvalue weighted by Crippen LogP contribution is 2.29. The summed E-state index contributed by atoms with van der Waals surface area (Å²) < 4.78 is 24.5. The Morgan fingerprint density at radius 3 is 2.55 bits per heavy atom. The molecule has 0 saturated heterocycles. The predicted octanol–water partition coefficient (Wildman–Crippen LogP) is 5.09. The Kier molecular flexibility index (Phi) is 7.82. The predicted molar refractivity (Wildman–Crippen MR) is 121 cm³/mol. The highest BCUT2D eigenvalue weighted by atomic mass is 19.1. The molecule has 0 saturated carbocycles. The molecule has 0 unspecified atom stereocenters. The number of methoxy groups -OCH3 is 1. The lowest BCUT2D eigenvalue weighted by Gasteiger charge is -2.12. The van der Waals surface area contributed by atoms with Gasteiger partial charge in [-0.1, -0.05) is 42.5 Å². The molecule has 0 aliphatic rings. The summed E-state index contributed by atoms with van der Waals surface area (Å²) in [7, 11) is 1.61. The fourth-order valence-corrected chi connectivity index (χ4v) is 3.11. The van der Waals surface area contributed by atoms with E-state index in [0.717, 1.165) is 22.3 Å². The summed E-state index contributed by atoms with van der Waals surface area (Å²) in [4.78, 5) is 12.1. The Morgan fingerprint density at radius 2 is 1.81 bits per heavy atom. The molecule has 0 fully saturated rings. The van der Waals surface area contributed by atoms with Gasteiger partial charge < -0.3 is 14.8 Å². The highest BCUT2D eigenvalue weighted by Gasteiger charge is 2.07. The van der Waals surface area contributed by atoms with Crippen LogP contribution in [0, 0.1) is 12.7 Å². The second kappa shape index (κ2) is 11.0. The summed E-state index contributed by atoms with van der Waals surface area (Å²) in [5.41, 5.74) is 3.70. The number of halogens is 1. The molecule has 0 atom stereocenters. The Hall–Kier alpha value is -3.60. The van der Waals surface area contributed by atoms with Crippen LogP contribution in [0.25, 0.3) is 6.08 Å². The number of carbonyl (C=O) groups is 1. The lowest BCUT2D eigenvalue weighted by Crippen LogP contribution is -2.23. The van der Waals surface area contributed by atoms with Crippen LogP contribution in [-0.2, 0) is 17.8 Å². The molecular formula is C26H26FNO3. The molecule has 0 bridgehead atoms. The second-order valence-electron chi connectivity index (χ2n) is 7.13. The third-order valence-corrected chi connectivity index (χ3v) is 4.82. The van der Waals surface area contributed by atoms with E-state index in [2.05, 4.69) is 5.32 Å². The van der Waals surface area contributed by atoms with Gasteiger partial charge in [0.1, 0.15) is 12.4 Å². The van der Waals surface area contributed by atoms with Gasteiger partial charge in [-0.05, 0) is 65.9 Å². The van der Waals surface area contributed by atoms with E-state index in [9.17, 15) is 9.18 Å². The topological polar surface area (TPSA) is 47.6 Å². The van der Waals surface area contributed by atoms with E-state index in [0.29, 0.717) is 31.1 Å². The summed E-state index contributed by atoms with van der Waals surface area (Å²) in [6.45, 7) is 2.74. The summed E-state index contributed by atoms with van der Waals surface area (Å²) in [5, 5.41) is 2.87. The van der Waals surface area contributed by atoms with Crippen molar-refractivity contribution in [3.63, 3.8) is 0 Å². The van der Waals surface area contributed by atoms with Crippen molar-refractivity contribution >= 4 is 12.0 Å². The lowest BCUT2D eigenvalue weighted by molar-refractivity contribution is -0.116. The molecule has 3 rings (SSSR count). The third kappa shape index (κ3) is 6.71. The van der Waals surface area contributed by atoms with E-state index in [-0.39, 0.29) is 11.7 Å². The van der Waals surface area contributed by atoms with Crippen LogP contribution in [0.5, 0.6) is 11.5 Å². The van der Waals surface area contributed by atoms with Gasteiger partial charge in [-0.15, -0.1) is 0 Å². The van der Waals surface area contributed by atoms with Gasteiger partial charge in [0.25, 0.3) is 0 Å². The van der Waals surface area contributed by atoms with Crippen LogP contribution in [0.2, 0.25) is 0 Å². The monoisotopic (exact) mass is 419 g/mol. The second-order valence-corrected chi connectivity index (χ2v) is 7.13. The van der Waals surface area contributed by atoms with Gasteiger partial charge in [0.2, 0.25) is 5.91 Å². The summed E-state index contributed by atoms with van der Waals surface area (Å²) >= 11 is 0. The van der Waals surface area contributed by atoms with Gasteiger partial charge in [0.15, 0.2) is 11.5 Å². The fourth-order valence-electron chi connectivity index (χ4n) is 3.11. The molecule has 3 aromatic carbocycles. The molecule has 3 aromatic rings. The Labute approximate surface area is 182 Å². The Bertz CT molecular complexity index is 1050. The number of carbonyl (C=O) groups excluding carboxylic acids is 1. The maximum absolute atomic E-state index is 13.2. The van der Waals surface area contributed by atoms with Crippen molar-refractivity contribution in [3.05, 3.63) is 101 Å². The summed E-state index contributed by atoms with van der Waals surface area (Å²) in [6, 6.07) is 20.2. The van der Waals surface area contributed by atoms with Crippen molar-refractivity contribution in [2.24, 2.45) is 0 Å². The summed E-state index contributed by atoms with van der Waals surface area (Å²) in [5.74, 6) is 0.853. The average Bonchev–Trinajstić information content (AvgIpc) is 2.78. The quantitative estimate of drug-likeness (QED) is 0.491. The van der Waals surface area contributed by atoms with Crippen LogP contribution in [0.15, 0.2) is 72.8 Å². The number of ether oxygens (including phenoxy) is 2. The summed E-state index contributed by atoms with van der Waals surface area (Å²) in [6.07, 6.45) is 3.80. The first-order valence-corrected chi connectivity index (χ1v) is 10.1. The zero-order valence-corrected chi connectivity index (χ0v) is 17.7. The van der Waals surface area contributed by atoms with E-state index < -0.39 is 0 Å². The molecule has 0 aromatic heterocycles. The minimum absolute atomic E-state index is 0.196. The molecule has 4 nitrogen and oxygen atoms in total. The van der Waals surface area contributed by atoms with E-state index >= 15 is 0 Å². The van der Waals surface area contributed by atoms with Crippen LogP contribution in [0.1, 0.15) is 22.3 Å². The smallest absolute Gasteiger partial charge is 0.244 e. The molecule has 1 N–H and O–H groups in total. The number of rotatable bonds is 9. The molecular weight excluding hydrogens is 393 g/mol. The first kappa shape index (κ1) is 22.1.